The summed E-state index contributed by atoms with van der Waals surface area (Å²) in [4.78, 5) is 17.6. The van der Waals surface area contributed by atoms with Crippen molar-refractivity contribution in [3.8, 4) is 0 Å². The number of anilines is 1. The van der Waals surface area contributed by atoms with Gasteiger partial charge in [-0.3, -0.25) is 9.69 Å². The lowest BCUT2D eigenvalue weighted by molar-refractivity contribution is -0.330. The molecule has 0 spiro atoms. The number of para-hydroxylation sites is 1. The van der Waals surface area contributed by atoms with Gasteiger partial charge in [-0.1, -0.05) is 18.2 Å². The van der Waals surface area contributed by atoms with Gasteiger partial charge in [0, 0.05) is 11.5 Å². The molecule has 1 aliphatic heterocycles. The van der Waals surface area contributed by atoms with Crippen molar-refractivity contribution in [1.29, 1.82) is 0 Å². The van der Waals surface area contributed by atoms with Gasteiger partial charge in [0.05, 0.1) is 25.6 Å². The second kappa shape index (κ2) is 6.12. The Morgan fingerprint density at radius 3 is 2.76 bits per heavy atom. The molecule has 110 valence electrons. The van der Waals surface area contributed by atoms with E-state index in [2.05, 4.69) is 34.1 Å². The third-order valence-electron chi connectivity index (χ3n) is 4.10. The second-order valence-corrected chi connectivity index (χ2v) is 5.44. The van der Waals surface area contributed by atoms with Crippen molar-refractivity contribution in [3.05, 3.63) is 36.4 Å². The number of aromatic amines is 1. The van der Waals surface area contributed by atoms with Crippen LogP contribution in [0.2, 0.25) is 0 Å². The minimum absolute atomic E-state index is 0.0420. The Bertz CT molecular complexity index is 633. The van der Waals surface area contributed by atoms with Crippen LogP contribution in [-0.4, -0.2) is 25.7 Å². The molecule has 0 amide bonds. The third-order valence-corrected chi connectivity index (χ3v) is 4.10. The van der Waals surface area contributed by atoms with Crippen LogP contribution in [0.3, 0.4) is 0 Å². The van der Waals surface area contributed by atoms with E-state index in [-0.39, 0.29) is 11.9 Å². The lowest BCUT2D eigenvalue weighted by atomic mass is 9.97. The topological polar surface area (TPSA) is 43.7 Å². The zero-order valence-electron chi connectivity index (χ0n) is 12.3. The molecule has 1 N–H and O–H groups in total. The van der Waals surface area contributed by atoms with Crippen LogP contribution >= 0.6 is 0 Å². The van der Waals surface area contributed by atoms with Gasteiger partial charge in [-0.15, -0.1) is 0 Å². The van der Waals surface area contributed by atoms with Crippen molar-refractivity contribution in [3.63, 3.8) is 0 Å². The minimum atomic E-state index is -0.0420. The van der Waals surface area contributed by atoms with Crippen molar-refractivity contribution >= 4 is 22.7 Å². The Kier molecular flexibility index (Phi) is 4.04. The maximum absolute atomic E-state index is 11.8. The van der Waals surface area contributed by atoms with Crippen LogP contribution in [0.25, 0.3) is 10.9 Å². The Labute approximate surface area is 124 Å². The number of ether oxygens (including phenoxy) is 1. The zero-order chi connectivity index (χ0) is 14.7. The van der Waals surface area contributed by atoms with Gasteiger partial charge in [-0.05, 0) is 31.9 Å². The van der Waals surface area contributed by atoms with Crippen LogP contribution in [0, 0.1) is 5.92 Å². The summed E-state index contributed by atoms with van der Waals surface area (Å²) < 4.78 is 5.11. The number of nitrogens with one attached hydrogen (secondary N) is 1. The van der Waals surface area contributed by atoms with Crippen LogP contribution in [0.15, 0.2) is 36.4 Å². The third kappa shape index (κ3) is 2.99. The van der Waals surface area contributed by atoms with Gasteiger partial charge in [-0.2, -0.15) is 0 Å². The van der Waals surface area contributed by atoms with E-state index in [4.69, 9.17) is 4.74 Å². The fourth-order valence-electron chi connectivity index (χ4n) is 2.91. The summed E-state index contributed by atoms with van der Waals surface area (Å²) in [6, 6.07) is 12.5. The van der Waals surface area contributed by atoms with E-state index in [0.717, 1.165) is 37.3 Å². The molecule has 4 heteroatoms. The molecule has 0 saturated carbocycles. The molecule has 2 heterocycles. The van der Waals surface area contributed by atoms with Gasteiger partial charge >= 0.3 is 5.97 Å². The SMILES string of the molecule is CCOC(=O)C1CCN(c2ccc3ccccc3[nH+]2)CC1. The molecule has 4 nitrogen and oxygen atoms in total. The molecule has 1 fully saturated rings. The van der Waals surface area contributed by atoms with Gasteiger partial charge in [0.2, 0.25) is 0 Å². The van der Waals surface area contributed by atoms with Gasteiger partial charge in [0.25, 0.3) is 5.82 Å². The van der Waals surface area contributed by atoms with Crippen LogP contribution in [0.1, 0.15) is 19.8 Å². The monoisotopic (exact) mass is 285 g/mol. The number of hydrogen-bond donors (Lipinski definition) is 0. The largest absolute Gasteiger partial charge is 0.466 e. The number of fused-ring (bicyclic) bond motifs is 1. The molecule has 21 heavy (non-hydrogen) atoms. The molecular formula is C17H21N2O2+. The van der Waals surface area contributed by atoms with Crippen molar-refractivity contribution in [2.24, 2.45) is 5.92 Å². The number of aromatic nitrogens is 1. The number of rotatable bonds is 3. The average Bonchev–Trinajstić information content (AvgIpc) is 2.55. The Hall–Kier alpha value is -2.10. The summed E-state index contributed by atoms with van der Waals surface area (Å²) in [6.07, 6.45) is 1.72. The van der Waals surface area contributed by atoms with Crippen molar-refractivity contribution in [1.82, 2.24) is 0 Å². The highest BCUT2D eigenvalue weighted by Gasteiger charge is 2.30. The molecule has 1 saturated heterocycles. The summed E-state index contributed by atoms with van der Waals surface area (Å²) in [5.74, 6) is 1.14. The molecule has 0 unspecified atom stereocenters. The van der Waals surface area contributed by atoms with E-state index in [1.165, 1.54) is 5.39 Å². The molecule has 1 aromatic carbocycles. The number of carbonyl (C=O) groups is 1. The second-order valence-electron chi connectivity index (χ2n) is 5.44. The zero-order valence-corrected chi connectivity index (χ0v) is 12.3. The van der Waals surface area contributed by atoms with Gasteiger partial charge < -0.3 is 4.74 Å². The standard InChI is InChI=1S/C17H20N2O2/c1-2-21-17(20)14-9-11-19(12-10-14)16-8-7-13-5-3-4-6-15(13)18-16/h3-8,14H,2,9-12H2,1H3/p+1. The summed E-state index contributed by atoms with van der Waals surface area (Å²) in [6.45, 7) is 4.10. The van der Waals surface area contributed by atoms with Crippen LogP contribution < -0.4 is 9.88 Å². The van der Waals surface area contributed by atoms with Crippen LogP contribution in [-0.2, 0) is 9.53 Å². The van der Waals surface area contributed by atoms with Gasteiger partial charge in [-0.25, -0.2) is 4.98 Å². The van der Waals surface area contributed by atoms with Crippen molar-refractivity contribution in [2.75, 3.05) is 24.6 Å². The molecule has 0 aliphatic carbocycles. The predicted octanol–water partition coefficient (Wildman–Crippen LogP) is 2.43. The number of carbonyl (C=O) groups excluding carboxylic acids is 1. The first-order valence-electron chi connectivity index (χ1n) is 7.60. The fourth-order valence-corrected chi connectivity index (χ4v) is 2.91. The fraction of sp³-hybridized carbons (Fsp3) is 0.412. The molecule has 0 radical (unpaired) electrons. The normalized spacial score (nSPS) is 16.1. The predicted molar refractivity (Wildman–Crippen MR) is 82.1 cm³/mol. The molecule has 3 rings (SSSR count). The van der Waals surface area contributed by atoms with Gasteiger partial charge in [0.1, 0.15) is 5.52 Å². The number of nitrogens with zero attached hydrogens (tertiary/aromatic N) is 1. The molecule has 1 aromatic heterocycles. The quantitative estimate of drug-likeness (QED) is 0.814. The lowest BCUT2D eigenvalue weighted by Crippen LogP contribution is -2.39. The number of esters is 1. The average molecular weight is 285 g/mol. The van der Waals surface area contributed by atoms with E-state index in [0.29, 0.717) is 6.61 Å². The highest BCUT2D eigenvalue weighted by Crippen LogP contribution is 2.22. The van der Waals surface area contributed by atoms with Crippen molar-refractivity contribution < 1.29 is 14.5 Å². The summed E-state index contributed by atoms with van der Waals surface area (Å²) in [7, 11) is 0. The maximum atomic E-state index is 11.8. The van der Waals surface area contributed by atoms with E-state index < -0.39 is 0 Å². The highest BCUT2D eigenvalue weighted by molar-refractivity contribution is 5.76. The smallest absolute Gasteiger partial charge is 0.309 e. The van der Waals surface area contributed by atoms with E-state index in [9.17, 15) is 4.79 Å². The molecule has 0 bridgehead atoms. The number of H-pyrrole nitrogens is 1. The Morgan fingerprint density at radius 2 is 2.00 bits per heavy atom. The number of hydrogen-bond acceptors (Lipinski definition) is 3. The number of piperidine rings is 1. The van der Waals surface area contributed by atoms with E-state index in [1.54, 1.807) is 0 Å². The molecule has 2 aromatic rings. The minimum Gasteiger partial charge on any atom is -0.466 e. The molecule has 0 atom stereocenters. The first-order chi connectivity index (χ1) is 10.3. The first-order valence-corrected chi connectivity index (χ1v) is 7.60. The van der Waals surface area contributed by atoms with Gasteiger partial charge in [0.15, 0.2) is 0 Å². The number of pyridine rings is 1. The first kappa shape index (κ1) is 13.9. The van der Waals surface area contributed by atoms with E-state index in [1.807, 2.05) is 19.1 Å². The van der Waals surface area contributed by atoms with Crippen LogP contribution in [0.5, 0.6) is 0 Å². The summed E-state index contributed by atoms with van der Waals surface area (Å²) in [5, 5.41) is 1.21. The highest BCUT2D eigenvalue weighted by atomic mass is 16.5. The van der Waals surface area contributed by atoms with Crippen LogP contribution in [0.4, 0.5) is 5.82 Å². The summed E-state index contributed by atoms with van der Waals surface area (Å²) in [5.41, 5.74) is 1.14. The maximum Gasteiger partial charge on any atom is 0.309 e. The summed E-state index contributed by atoms with van der Waals surface area (Å²) >= 11 is 0. The number of benzene rings is 1. The Balaban J connectivity index is 1.69. The molecular weight excluding hydrogens is 264 g/mol. The molecule has 1 aliphatic rings. The Morgan fingerprint density at radius 1 is 1.24 bits per heavy atom. The lowest BCUT2D eigenvalue weighted by Gasteiger charge is -2.26. The van der Waals surface area contributed by atoms with E-state index >= 15 is 0 Å². The van der Waals surface area contributed by atoms with Crippen molar-refractivity contribution in [2.45, 2.75) is 19.8 Å².